The number of hydrogen-bond donors (Lipinski definition) is 0. The summed E-state index contributed by atoms with van der Waals surface area (Å²) in [6.07, 6.45) is 0. The van der Waals surface area contributed by atoms with Crippen LogP contribution in [-0.2, 0) is 11.4 Å². The molecule has 18 heavy (non-hydrogen) atoms. The third kappa shape index (κ3) is 4.09. The molecule has 0 unspecified atom stereocenters. The number of non-ortho nitro benzene ring substituents is 1. The standard InChI is InChI=1S/C13H20N2O3/c1-10(2)14(11(3)4)18-9-12-5-7-13(8-6-12)15(16)17/h5-8,10-11H,9H2,1-4H3/q+1. The first kappa shape index (κ1) is 14.6. The molecule has 0 bridgehead atoms. The van der Waals surface area contributed by atoms with Crippen molar-refractivity contribution in [2.45, 2.75) is 46.4 Å². The molecule has 0 saturated heterocycles. The lowest BCUT2D eigenvalue weighted by atomic mass is 10.2. The zero-order chi connectivity index (χ0) is 13.7. The van der Waals surface area contributed by atoms with Crippen molar-refractivity contribution in [3.63, 3.8) is 0 Å². The van der Waals surface area contributed by atoms with Gasteiger partial charge in [-0.05, 0) is 50.5 Å². The van der Waals surface area contributed by atoms with Gasteiger partial charge in [0.25, 0.3) is 5.69 Å². The Kier molecular flexibility index (Phi) is 5.25. The highest BCUT2D eigenvalue weighted by atomic mass is 16.7. The first-order valence-electron chi connectivity index (χ1n) is 6.06. The Morgan fingerprint density at radius 3 is 2.00 bits per heavy atom. The van der Waals surface area contributed by atoms with Crippen LogP contribution in [0.1, 0.15) is 33.3 Å². The molecular formula is C13H20N2O3+. The molecule has 1 aromatic rings. The summed E-state index contributed by atoms with van der Waals surface area (Å²) in [5, 5.41) is 12.4. The summed E-state index contributed by atoms with van der Waals surface area (Å²) in [5.74, 6) is 0. The summed E-state index contributed by atoms with van der Waals surface area (Å²) in [4.78, 5) is 15.8. The van der Waals surface area contributed by atoms with Gasteiger partial charge >= 0.3 is 0 Å². The van der Waals surface area contributed by atoms with Gasteiger partial charge in [0, 0.05) is 12.1 Å². The van der Waals surface area contributed by atoms with E-state index in [1.807, 2.05) is 5.06 Å². The molecule has 5 nitrogen and oxygen atoms in total. The van der Waals surface area contributed by atoms with Crippen LogP contribution >= 0.6 is 0 Å². The summed E-state index contributed by atoms with van der Waals surface area (Å²) in [5.41, 5.74) is 1.02. The van der Waals surface area contributed by atoms with E-state index in [4.69, 9.17) is 4.84 Å². The average molecular weight is 252 g/mol. The van der Waals surface area contributed by atoms with E-state index in [-0.39, 0.29) is 5.69 Å². The van der Waals surface area contributed by atoms with Crippen molar-refractivity contribution >= 4 is 5.69 Å². The molecule has 0 N–H and O–H groups in total. The maximum absolute atomic E-state index is 10.5. The lowest BCUT2D eigenvalue weighted by molar-refractivity contribution is -0.384. The summed E-state index contributed by atoms with van der Waals surface area (Å²) in [6, 6.07) is 7.02. The van der Waals surface area contributed by atoms with Crippen LogP contribution in [0.3, 0.4) is 0 Å². The largest absolute Gasteiger partial charge is 0.269 e. The zero-order valence-corrected chi connectivity index (χ0v) is 11.3. The number of rotatable bonds is 6. The predicted molar refractivity (Wildman–Crippen MR) is 70.3 cm³/mol. The minimum absolute atomic E-state index is 0.100. The lowest BCUT2D eigenvalue weighted by Gasteiger charge is -2.16. The van der Waals surface area contributed by atoms with Crippen LogP contribution in [0.15, 0.2) is 24.3 Å². The number of nitro benzene ring substituents is 1. The smallest absolute Gasteiger partial charge is 0.258 e. The van der Waals surface area contributed by atoms with E-state index in [0.29, 0.717) is 18.7 Å². The van der Waals surface area contributed by atoms with Crippen LogP contribution in [0.5, 0.6) is 0 Å². The molecule has 0 amide bonds. The van der Waals surface area contributed by atoms with E-state index in [0.717, 1.165) is 5.56 Å². The van der Waals surface area contributed by atoms with Gasteiger partial charge in [0.1, 0.15) is 6.61 Å². The van der Waals surface area contributed by atoms with E-state index in [9.17, 15) is 10.1 Å². The van der Waals surface area contributed by atoms with Crippen LogP contribution in [0.4, 0.5) is 5.69 Å². The molecule has 5 heteroatoms. The lowest BCUT2D eigenvalue weighted by Crippen LogP contribution is -2.42. The molecule has 1 radical (unpaired) electrons. The minimum atomic E-state index is -0.404. The zero-order valence-electron chi connectivity index (χ0n) is 11.3. The maximum Gasteiger partial charge on any atom is 0.269 e. The molecule has 1 aromatic carbocycles. The molecule has 1 rings (SSSR count). The normalized spacial score (nSPS) is 11.5. The SMILES string of the molecule is CC(C)[N+](OCc1ccc([N+](=O)[O-])cc1)C(C)C. The summed E-state index contributed by atoms with van der Waals surface area (Å²) in [7, 11) is 0. The van der Waals surface area contributed by atoms with Crippen molar-refractivity contribution in [1.82, 2.24) is 5.06 Å². The van der Waals surface area contributed by atoms with Crippen molar-refractivity contribution in [3.05, 3.63) is 39.9 Å². The number of benzene rings is 1. The van der Waals surface area contributed by atoms with Gasteiger partial charge in [-0.3, -0.25) is 10.1 Å². The second kappa shape index (κ2) is 6.47. The number of nitrogens with zero attached hydrogens (tertiary/aromatic N) is 2. The summed E-state index contributed by atoms with van der Waals surface area (Å²) >= 11 is 0. The van der Waals surface area contributed by atoms with Crippen molar-refractivity contribution in [2.75, 3.05) is 0 Å². The van der Waals surface area contributed by atoms with Crippen molar-refractivity contribution in [1.29, 1.82) is 0 Å². The van der Waals surface area contributed by atoms with E-state index >= 15 is 0 Å². The second-order valence-corrected chi connectivity index (χ2v) is 4.74. The molecule has 99 valence electrons. The van der Waals surface area contributed by atoms with Gasteiger partial charge in [0.05, 0.1) is 4.92 Å². The van der Waals surface area contributed by atoms with Gasteiger partial charge in [-0.1, -0.05) is 0 Å². The van der Waals surface area contributed by atoms with Gasteiger partial charge in [0.2, 0.25) is 0 Å². The Labute approximate surface area is 107 Å². The number of hydrogen-bond acceptors (Lipinski definition) is 4. The van der Waals surface area contributed by atoms with Gasteiger partial charge in [-0.15, -0.1) is 4.84 Å². The Balaban J connectivity index is 2.60. The van der Waals surface area contributed by atoms with Crippen molar-refractivity contribution in [2.24, 2.45) is 0 Å². The highest BCUT2D eigenvalue weighted by Crippen LogP contribution is 2.13. The molecule has 0 aromatic heterocycles. The first-order chi connectivity index (χ1) is 8.41. The molecule has 0 aliphatic heterocycles. The van der Waals surface area contributed by atoms with Gasteiger partial charge < -0.3 is 0 Å². The van der Waals surface area contributed by atoms with E-state index in [1.54, 1.807) is 12.1 Å². The third-order valence-electron chi connectivity index (χ3n) is 2.55. The summed E-state index contributed by atoms with van der Waals surface area (Å²) < 4.78 is 0. The van der Waals surface area contributed by atoms with E-state index < -0.39 is 4.92 Å². The number of nitro groups is 1. The van der Waals surface area contributed by atoms with Crippen molar-refractivity contribution in [3.8, 4) is 0 Å². The topological polar surface area (TPSA) is 58.3 Å². The Bertz CT molecular complexity index is 380. The molecular weight excluding hydrogens is 232 g/mol. The van der Waals surface area contributed by atoms with Crippen LogP contribution < -0.4 is 5.06 Å². The van der Waals surface area contributed by atoms with Gasteiger partial charge in [-0.2, -0.15) is 0 Å². The van der Waals surface area contributed by atoms with Crippen LogP contribution in [-0.4, -0.2) is 17.0 Å². The minimum Gasteiger partial charge on any atom is -0.258 e. The molecule has 0 heterocycles. The molecule has 0 atom stereocenters. The highest BCUT2D eigenvalue weighted by molar-refractivity contribution is 5.32. The predicted octanol–water partition coefficient (Wildman–Crippen LogP) is 2.98. The fraction of sp³-hybridized carbons (Fsp3) is 0.538. The Morgan fingerprint density at radius 2 is 1.61 bits per heavy atom. The Morgan fingerprint density at radius 1 is 1.11 bits per heavy atom. The second-order valence-electron chi connectivity index (χ2n) is 4.74. The van der Waals surface area contributed by atoms with Crippen LogP contribution in [0, 0.1) is 10.1 Å². The fourth-order valence-electron chi connectivity index (χ4n) is 1.76. The fourth-order valence-corrected chi connectivity index (χ4v) is 1.76. The van der Waals surface area contributed by atoms with Crippen molar-refractivity contribution < 1.29 is 9.76 Å². The van der Waals surface area contributed by atoms with E-state index in [1.165, 1.54) is 12.1 Å². The molecule has 0 spiro atoms. The first-order valence-corrected chi connectivity index (χ1v) is 6.06. The highest BCUT2D eigenvalue weighted by Gasteiger charge is 2.26. The number of hydroxylamine groups is 2. The van der Waals surface area contributed by atoms with Gasteiger partial charge in [-0.25, -0.2) is 0 Å². The van der Waals surface area contributed by atoms with E-state index in [2.05, 4.69) is 27.7 Å². The maximum atomic E-state index is 10.5. The molecule has 0 aliphatic carbocycles. The average Bonchev–Trinajstić information content (AvgIpc) is 2.28. The van der Waals surface area contributed by atoms with Crippen LogP contribution in [0.25, 0.3) is 0 Å². The molecule has 0 aliphatic rings. The monoisotopic (exact) mass is 252 g/mol. The summed E-state index contributed by atoms with van der Waals surface area (Å²) in [6.45, 7) is 8.69. The molecule has 0 saturated carbocycles. The van der Waals surface area contributed by atoms with Gasteiger partial charge in [0.15, 0.2) is 12.1 Å². The quantitative estimate of drug-likeness (QED) is 0.444. The Hall–Kier alpha value is -1.46. The third-order valence-corrected chi connectivity index (χ3v) is 2.55. The van der Waals surface area contributed by atoms with Crippen LogP contribution in [0.2, 0.25) is 0 Å². The molecule has 0 fully saturated rings.